The zero-order valence-corrected chi connectivity index (χ0v) is 19.4. The molecule has 170 valence electrons. The van der Waals surface area contributed by atoms with E-state index in [4.69, 9.17) is 0 Å². The van der Waals surface area contributed by atoms with Crippen LogP contribution >= 0.6 is 0 Å². The topological polar surface area (TPSA) is 62.3 Å². The summed E-state index contributed by atoms with van der Waals surface area (Å²) in [7, 11) is 1.69. The summed E-state index contributed by atoms with van der Waals surface area (Å²) in [4.78, 5) is 32.3. The molecule has 3 aromatic rings. The van der Waals surface area contributed by atoms with Crippen LogP contribution in [0.4, 0.5) is 0 Å². The van der Waals surface area contributed by atoms with Crippen LogP contribution in [0.1, 0.15) is 29.5 Å². The standard InChI is InChI=1S/C28H31N3O2/c1-21-10-12-23(13-11-21)25-9-4-3-8-24(25)18-28(27(33)29-2)14-6-16-31(20-28)26(32)17-22-7-5-15-30-19-22/h3-5,7-13,15,19H,6,14,16-18,20H2,1-2H3,(H,29,33)/t28-/m1/s1. The molecule has 0 aliphatic carbocycles. The molecule has 5 heteroatoms. The molecule has 0 spiro atoms. The third-order valence-corrected chi connectivity index (χ3v) is 6.63. The van der Waals surface area contributed by atoms with E-state index in [1.54, 1.807) is 19.4 Å². The van der Waals surface area contributed by atoms with E-state index in [2.05, 4.69) is 53.6 Å². The zero-order valence-electron chi connectivity index (χ0n) is 19.4. The lowest BCUT2D eigenvalue weighted by Gasteiger charge is -2.42. The summed E-state index contributed by atoms with van der Waals surface area (Å²) in [6, 6.07) is 20.5. The van der Waals surface area contributed by atoms with Crippen molar-refractivity contribution in [1.29, 1.82) is 0 Å². The number of likely N-dealkylation sites (tertiary alicyclic amines) is 1. The van der Waals surface area contributed by atoms with E-state index in [9.17, 15) is 9.59 Å². The van der Waals surface area contributed by atoms with Gasteiger partial charge < -0.3 is 10.2 Å². The van der Waals surface area contributed by atoms with Gasteiger partial charge in [0.2, 0.25) is 11.8 Å². The largest absolute Gasteiger partial charge is 0.359 e. The number of piperidine rings is 1. The summed E-state index contributed by atoms with van der Waals surface area (Å²) in [5.41, 5.74) is 4.87. The van der Waals surface area contributed by atoms with Crippen LogP contribution in [-0.2, 0) is 22.4 Å². The monoisotopic (exact) mass is 441 g/mol. The van der Waals surface area contributed by atoms with Gasteiger partial charge in [-0.2, -0.15) is 0 Å². The Balaban J connectivity index is 1.61. The van der Waals surface area contributed by atoms with Crippen molar-refractivity contribution in [1.82, 2.24) is 15.2 Å². The highest BCUT2D eigenvalue weighted by molar-refractivity contribution is 5.85. The molecular weight excluding hydrogens is 410 g/mol. The highest BCUT2D eigenvalue weighted by Crippen LogP contribution is 2.37. The van der Waals surface area contributed by atoms with Crippen molar-refractivity contribution in [2.45, 2.75) is 32.6 Å². The van der Waals surface area contributed by atoms with Gasteiger partial charge in [0.15, 0.2) is 0 Å². The molecule has 1 aliphatic heterocycles. The van der Waals surface area contributed by atoms with Crippen LogP contribution in [0.15, 0.2) is 73.1 Å². The number of pyridine rings is 1. The predicted octanol–water partition coefficient (Wildman–Crippen LogP) is 4.20. The van der Waals surface area contributed by atoms with Gasteiger partial charge >= 0.3 is 0 Å². The SMILES string of the molecule is CNC(=O)[C@@]1(Cc2ccccc2-c2ccc(C)cc2)CCCN(C(=O)Cc2cccnc2)C1. The van der Waals surface area contributed by atoms with Gasteiger partial charge in [0.25, 0.3) is 0 Å². The van der Waals surface area contributed by atoms with Crippen LogP contribution in [0.3, 0.4) is 0 Å². The Labute approximate surface area is 195 Å². The van der Waals surface area contributed by atoms with E-state index in [1.165, 1.54) is 5.56 Å². The maximum atomic E-state index is 13.3. The van der Waals surface area contributed by atoms with Gasteiger partial charge in [0.1, 0.15) is 0 Å². The van der Waals surface area contributed by atoms with Crippen molar-refractivity contribution in [2.75, 3.05) is 20.1 Å². The maximum Gasteiger partial charge on any atom is 0.228 e. The summed E-state index contributed by atoms with van der Waals surface area (Å²) in [5, 5.41) is 2.88. The summed E-state index contributed by atoms with van der Waals surface area (Å²) in [6.45, 7) is 3.18. The Morgan fingerprint density at radius 1 is 1.06 bits per heavy atom. The Hall–Kier alpha value is -3.47. The van der Waals surface area contributed by atoms with Gasteiger partial charge in [-0.3, -0.25) is 14.6 Å². The lowest BCUT2D eigenvalue weighted by molar-refractivity contribution is -0.141. The highest BCUT2D eigenvalue weighted by Gasteiger charge is 2.43. The second-order valence-electron chi connectivity index (χ2n) is 9.02. The van der Waals surface area contributed by atoms with Crippen LogP contribution in [0, 0.1) is 12.3 Å². The van der Waals surface area contributed by atoms with Crippen molar-refractivity contribution >= 4 is 11.8 Å². The van der Waals surface area contributed by atoms with E-state index in [0.717, 1.165) is 35.1 Å². The molecule has 0 bridgehead atoms. The second kappa shape index (κ2) is 9.99. The summed E-state index contributed by atoms with van der Waals surface area (Å²) in [5.74, 6) is 0.0443. The second-order valence-corrected chi connectivity index (χ2v) is 9.02. The number of nitrogens with zero attached hydrogens (tertiary/aromatic N) is 2. The van der Waals surface area contributed by atoms with E-state index in [0.29, 0.717) is 25.9 Å². The number of carbonyl (C=O) groups is 2. The number of carbonyl (C=O) groups excluding carboxylic acids is 2. The van der Waals surface area contributed by atoms with Gasteiger partial charge in [-0.15, -0.1) is 0 Å². The number of aryl methyl sites for hydroxylation is 1. The molecule has 1 saturated heterocycles. The summed E-state index contributed by atoms with van der Waals surface area (Å²) < 4.78 is 0. The number of amides is 2. The van der Waals surface area contributed by atoms with Crippen molar-refractivity contribution in [3.63, 3.8) is 0 Å². The minimum Gasteiger partial charge on any atom is -0.359 e. The molecule has 1 atom stereocenters. The van der Waals surface area contributed by atoms with E-state index < -0.39 is 5.41 Å². The molecule has 1 N–H and O–H groups in total. The first-order chi connectivity index (χ1) is 16.0. The molecule has 4 rings (SSSR count). The minimum absolute atomic E-state index is 0.0000805. The molecule has 0 saturated carbocycles. The first kappa shape index (κ1) is 22.7. The van der Waals surface area contributed by atoms with Crippen LogP contribution in [0.2, 0.25) is 0 Å². The number of nitrogens with one attached hydrogen (secondary N) is 1. The maximum absolute atomic E-state index is 13.3. The zero-order chi connectivity index (χ0) is 23.3. The molecule has 33 heavy (non-hydrogen) atoms. The third kappa shape index (κ3) is 5.14. The first-order valence-electron chi connectivity index (χ1n) is 11.5. The van der Waals surface area contributed by atoms with Gasteiger partial charge in [-0.05, 0) is 54.5 Å². The molecule has 1 aromatic heterocycles. The minimum atomic E-state index is -0.654. The van der Waals surface area contributed by atoms with E-state index in [1.807, 2.05) is 29.2 Å². The van der Waals surface area contributed by atoms with Crippen LogP contribution in [-0.4, -0.2) is 41.8 Å². The molecule has 0 radical (unpaired) electrons. The number of hydrogen-bond donors (Lipinski definition) is 1. The molecule has 0 unspecified atom stereocenters. The molecule has 2 amide bonds. The van der Waals surface area contributed by atoms with Crippen molar-refractivity contribution in [3.8, 4) is 11.1 Å². The smallest absolute Gasteiger partial charge is 0.228 e. The lowest BCUT2D eigenvalue weighted by atomic mass is 9.73. The average molecular weight is 442 g/mol. The highest BCUT2D eigenvalue weighted by atomic mass is 16.2. The number of aromatic nitrogens is 1. The fourth-order valence-electron chi connectivity index (χ4n) is 4.86. The van der Waals surface area contributed by atoms with Crippen LogP contribution < -0.4 is 5.32 Å². The van der Waals surface area contributed by atoms with Crippen molar-refractivity contribution in [3.05, 3.63) is 89.7 Å². The Morgan fingerprint density at radius 3 is 2.58 bits per heavy atom. The number of rotatable bonds is 6. The van der Waals surface area contributed by atoms with Gasteiger partial charge in [-0.1, -0.05) is 60.2 Å². The van der Waals surface area contributed by atoms with Crippen LogP contribution in [0.5, 0.6) is 0 Å². The Bertz CT molecular complexity index is 1110. The Morgan fingerprint density at radius 2 is 1.85 bits per heavy atom. The van der Waals surface area contributed by atoms with Gasteiger partial charge in [-0.25, -0.2) is 0 Å². The van der Waals surface area contributed by atoms with Gasteiger partial charge in [0.05, 0.1) is 11.8 Å². The van der Waals surface area contributed by atoms with E-state index in [-0.39, 0.29) is 11.8 Å². The summed E-state index contributed by atoms with van der Waals surface area (Å²) in [6.07, 6.45) is 5.89. The average Bonchev–Trinajstić information content (AvgIpc) is 2.85. The third-order valence-electron chi connectivity index (χ3n) is 6.63. The van der Waals surface area contributed by atoms with E-state index >= 15 is 0 Å². The molecular formula is C28H31N3O2. The fraction of sp³-hybridized carbons (Fsp3) is 0.321. The molecule has 2 heterocycles. The van der Waals surface area contributed by atoms with Gasteiger partial charge in [0, 0.05) is 32.5 Å². The molecule has 1 aliphatic rings. The quantitative estimate of drug-likeness (QED) is 0.624. The number of benzene rings is 2. The van der Waals surface area contributed by atoms with Crippen molar-refractivity contribution in [2.24, 2.45) is 5.41 Å². The lowest BCUT2D eigenvalue weighted by Crippen LogP contribution is -2.54. The first-order valence-corrected chi connectivity index (χ1v) is 11.5. The summed E-state index contributed by atoms with van der Waals surface area (Å²) >= 11 is 0. The molecule has 2 aromatic carbocycles. The normalized spacial score (nSPS) is 18.1. The van der Waals surface area contributed by atoms with Crippen LogP contribution in [0.25, 0.3) is 11.1 Å². The molecule has 5 nitrogen and oxygen atoms in total. The fourth-order valence-corrected chi connectivity index (χ4v) is 4.86. The Kier molecular flexibility index (Phi) is 6.87. The van der Waals surface area contributed by atoms with Crippen molar-refractivity contribution < 1.29 is 9.59 Å². The predicted molar refractivity (Wildman–Crippen MR) is 131 cm³/mol. The molecule has 1 fully saturated rings. The number of hydrogen-bond acceptors (Lipinski definition) is 3.